The molecule has 0 bridgehead atoms. The fraction of sp³-hybridized carbons (Fsp3) is 0.455. The number of ether oxygens (including phenoxy) is 1. The summed E-state index contributed by atoms with van der Waals surface area (Å²) in [5.74, 6) is 0.463. The van der Waals surface area contributed by atoms with E-state index in [4.69, 9.17) is 10.5 Å². The first kappa shape index (κ1) is 12.8. The first-order valence-electron chi connectivity index (χ1n) is 4.98. The van der Waals surface area contributed by atoms with Crippen molar-refractivity contribution in [2.45, 2.75) is 25.6 Å². The first-order chi connectivity index (χ1) is 7.45. The molecular formula is C11H14F3NO. The van der Waals surface area contributed by atoms with E-state index in [1.165, 1.54) is 0 Å². The van der Waals surface area contributed by atoms with Crippen molar-refractivity contribution in [2.24, 2.45) is 5.73 Å². The van der Waals surface area contributed by atoms with Gasteiger partial charge in [0.1, 0.15) is 11.8 Å². The molecule has 0 aliphatic heterocycles. The molecule has 90 valence electrons. The molecule has 0 saturated carbocycles. The second-order valence-corrected chi connectivity index (χ2v) is 3.39. The van der Waals surface area contributed by atoms with Gasteiger partial charge in [-0.05, 0) is 25.0 Å². The lowest BCUT2D eigenvalue weighted by atomic mass is 10.1. The molecule has 1 rings (SSSR count). The number of rotatable bonds is 4. The third-order valence-corrected chi connectivity index (χ3v) is 2.13. The van der Waals surface area contributed by atoms with Gasteiger partial charge in [0.15, 0.2) is 0 Å². The third-order valence-electron chi connectivity index (χ3n) is 2.13. The van der Waals surface area contributed by atoms with E-state index in [1.54, 1.807) is 31.2 Å². The fourth-order valence-corrected chi connectivity index (χ4v) is 1.32. The molecular weight excluding hydrogens is 219 g/mol. The van der Waals surface area contributed by atoms with Crippen LogP contribution in [0.4, 0.5) is 13.2 Å². The van der Waals surface area contributed by atoms with Crippen LogP contribution >= 0.6 is 0 Å². The third kappa shape index (κ3) is 3.41. The maximum Gasteiger partial charge on any atom is 0.403 e. The van der Waals surface area contributed by atoms with E-state index in [9.17, 15) is 13.2 Å². The van der Waals surface area contributed by atoms with Crippen molar-refractivity contribution in [3.05, 3.63) is 29.8 Å². The highest BCUT2D eigenvalue weighted by Crippen LogP contribution is 2.25. The number of hydrogen-bond donors (Lipinski definition) is 1. The van der Waals surface area contributed by atoms with Crippen LogP contribution in [0.5, 0.6) is 5.75 Å². The van der Waals surface area contributed by atoms with Gasteiger partial charge in [-0.1, -0.05) is 18.2 Å². The minimum atomic E-state index is -4.38. The summed E-state index contributed by atoms with van der Waals surface area (Å²) in [6, 6.07) is 4.77. The molecule has 0 unspecified atom stereocenters. The van der Waals surface area contributed by atoms with E-state index in [0.29, 0.717) is 17.9 Å². The SMILES string of the molecule is CCOc1ccccc1C[C@@H](N)C(F)(F)F. The molecule has 0 heterocycles. The van der Waals surface area contributed by atoms with Crippen LogP contribution in [0.1, 0.15) is 12.5 Å². The zero-order valence-corrected chi connectivity index (χ0v) is 8.92. The molecule has 2 nitrogen and oxygen atoms in total. The van der Waals surface area contributed by atoms with Crippen molar-refractivity contribution in [2.75, 3.05) is 6.61 Å². The second kappa shape index (κ2) is 5.21. The topological polar surface area (TPSA) is 35.2 Å². The Morgan fingerprint density at radius 3 is 2.50 bits per heavy atom. The molecule has 0 radical (unpaired) electrons. The van der Waals surface area contributed by atoms with Crippen LogP contribution < -0.4 is 10.5 Å². The molecule has 0 fully saturated rings. The van der Waals surface area contributed by atoms with Crippen LogP contribution in [0.15, 0.2) is 24.3 Å². The van der Waals surface area contributed by atoms with Crippen LogP contribution in [0, 0.1) is 0 Å². The minimum absolute atomic E-state index is 0.264. The minimum Gasteiger partial charge on any atom is -0.494 e. The van der Waals surface area contributed by atoms with E-state index < -0.39 is 12.2 Å². The summed E-state index contributed by atoms with van der Waals surface area (Å²) in [6.07, 6.45) is -4.64. The van der Waals surface area contributed by atoms with Crippen molar-refractivity contribution in [1.29, 1.82) is 0 Å². The van der Waals surface area contributed by atoms with Crippen LogP contribution in [0.3, 0.4) is 0 Å². The Balaban J connectivity index is 2.80. The summed E-state index contributed by atoms with van der Waals surface area (Å²) < 4.78 is 42.1. The zero-order chi connectivity index (χ0) is 12.2. The van der Waals surface area contributed by atoms with Crippen molar-refractivity contribution in [3.8, 4) is 5.75 Å². The zero-order valence-electron chi connectivity index (χ0n) is 8.92. The summed E-state index contributed by atoms with van der Waals surface area (Å²) in [7, 11) is 0. The smallest absolute Gasteiger partial charge is 0.403 e. The van der Waals surface area contributed by atoms with Crippen LogP contribution in [0.25, 0.3) is 0 Å². The highest BCUT2D eigenvalue weighted by molar-refractivity contribution is 5.34. The summed E-state index contributed by atoms with van der Waals surface area (Å²) in [6.45, 7) is 2.19. The van der Waals surface area contributed by atoms with Crippen LogP contribution in [-0.2, 0) is 6.42 Å². The van der Waals surface area contributed by atoms with Gasteiger partial charge < -0.3 is 10.5 Å². The summed E-state index contributed by atoms with van der Waals surface area (Å²) in [5, 5.41) is 0. The molecule has 0 aliphatic carbocycles. The predicted octanol–water partition coefficient (Wildman–Crippen LogP) is 2.52. The normalized spacial score (nSPS) is 13.6. The highest BCUT2D eigenvalue weighted by Gasteiger charge is 2.36. The molecule has 1 aromatic rings. The highest BCUT2D eigenvalue weighted by atomic mass is 19.4. The number of alkyl halides is 3. The summed E-state index contributed by atoms with van der Waals surface area (Å²) in [5.41, 5.74) is 5.55. The van der Waals surface area contributed by atoms with Gasteiger partial charge in [-0.25, -0.2) is 0 Å². The number of para-hydroxylation sites is 1. The predicted molar refractivity (Wildman–Crippen MR) is 55.3 cm³/mol. The Labute approximate surface area is 92.2 Å². The molecule has 16 heavy (non-hydrogen) atoms. The van der Waals surface area contributed by atoms with Crippen LogP contribution in [-0.4, -0.2) is 18.8 Å². The lowest BCUT2D eigenvalue weighted by Crippen LogP contribution is -2.39. The van der Waals surface area contributed by atoms with Gasteiger partial charge in [-0.15, -0.1) is 0 Å². The Morgan fingerprint density at radius 2 is 1.94 bits per heavy atom. The van der Waals surface area contributed by atoms with Gasteiger partial charge in [0.2, 0.25) is 0 Å². The Morgan fingerprint density at radius 1 is 1.31 bits per heavy atom. The maximum absolute atomic E-state index is 12.3. The Kier molecular flexibility index (Phi) is 4.18. The quantitative estimate of drug-likeness (QED) is 0.867. The molecule has 1 atom stereocenters. The lowest BCUT2D eigenvalue weighted by molar-refractivity contribution is -0.147. The van der Waals surface area contributed by atoms with E-state index in [0.717, 1.165) is 0 Å². The average Bonchev–Trinajstić information content (AvgIpc) is 2.20. The maximum atomic E-state index is 12.3. The van der Waals surface area contributed by atoms with E-state index in [1.807, 2.05) is 0 Å². The van der Waals surface area contributed by atoms with Gasteiger partial charge in [0.05, 0.1) is 6.61 Å². The molecule has 0 spiro atoms. The molecule has 0 aliphatic rings. The molecule has 0 aromatic heterocycles. The number of nitrogens with two attached hydrogens (primary N) is 1. The Hall–Kier alpha value is -1.23. The number of hydrogen-bond acceptors (Lipinski definition) is 2. The lowest BCUT2D eigenvalue weighted by Gasteiger charge is -2.17. The van der Waals surface area contributed by atoms with Crippen molar-refractivity contribution in [3.63, 3.8) is 0 Å². The standard InChI is InChI=1S/C11H14F3NO/c1-2-16-9-6-4-3-5-8(9)7-10(15)11(12,13)14/h3-6,10H,2,7,15H2,1H3/t10-/m1/s1. The van der Waals surface area contributed by atoms with E-state index in [-0.39, 0.29) is 6.42 Å². The van der Waals surface area contributed by atoms with Gasteiger partial charge in [-0.3, -0.25) is 0 Å². The van der Waals surface area contributed by atoms with E-state index >= 15 is 0 Å². The summed E-state index contributed by atoms with van der Waals surface area (Å²) >= 11 is 0. The monoisotopic (exact) mass is 233 g/mol. The van der Waals surface area contributed by atoms with Gasteiger partial charge >= 0.3 is 6.18 Å². The number of benzene rings is 1. The molecule has 0 amide bonds. The van der Waals surface area contributed by atoms with Crippen molar-refractivity contribution < 1.29 is 17.9 Å². The largest absolute Gasteiger partial charge is 0.494 e. The second-order valence-electron chi connectivity index (χ2n) is 3.39. The van der Waals surface area contributed by atoms with Crippen LogP contribution in [0.2, 0.25) is 0 Å². The molecule has 5 heteroatoms. The van der Waals surface area contributed by atoms with Gasteiger partial charge in [0.25, 0.3) is 0 Å². The Bertz CT molecular complexity index is 338. The fourth-order valence-electron chi connectivity index (χ4n) is 1.32. The van der Waals surface area contributed by atoms with Crippen molar-refractivity contribution >= 4 is 0 Å². The van der Waals surface area contributed by atoms with Gasteiger partial charge in [-0.2, -0.15) is 13.2 Å². The molecule has 0 saturated heterocycles. The number of halogens is 3. The molecule has 2 N–H and O–H groups in total. The summed E-state index contributed by atoms with van der Waals surface area (Å²) in [4.78, 5) is 0. The van der Waals surface area contributed by atoms with Crippen molar-refractivity contribution in [1.82, 2.24) is 0 Å². The molecule has 1 aromatic carbocycles. The van der Waals surface area contributed by atoms with Gasteiger partial charge in [0, 0.05) is 0 Å². The van der Waals surface area contributed by atoms with E-state index in [2.05, 4.69) is 0 Å². The first-order valence-corrected chi connectivity index (χ1v) is 4.98. The average molecular weight is 233 g/mol.